The molecule has 0 atom stereocenters. The Morgan fingerprint density at radius 1 is 0.343 bits per heavy atom. The van der Waals surface area contributed by atoms with Crippen LogP contribution >= 0.6 is 0 Å². The Bertz CT molecular complexity index is 3820. The van der Waals surface area contributed by atoms with Crippen LogP contribution in [0.4, 0.5) is 0 Å². The zero-order chi connectivity index (χ0) is 43.8. The predicted molar refractivity (Wildman–Crippen MR) is 269 cm³/mol. The molecule has 6 nitrogen and oxygen atoms in total. The van der Waals surface area contributed by atoms with Gasteiger partial charge in [0.2, 0.25) is 0 Å². The van der Waals surface area contributed by atoms with Crippen LogP contribution in [0.15, 0.2) is 183 Å². The molecule has 0 saturated heterocycles. The van der Waals surface area contributed by atoms with Crippen molar-refractivity contribution in [3.8, 4) is 56.4 Å². The summed E-state index contributed by atoms with van der Waals surface area (Å²) in [5, 5.41) is 6.30. The lowest BCUT2D eigenvalue weighted by molar-refractivity contribution is -0.00518. The topological polar surface area (TPSA) is 78.1 Å². The fourth-order valence-electron chi connectivity index (χ4n) is 13.1. The minimum Gasteiger partial charge on any atom is -0.455 e. The molecule has 4 heterocycles. The van der Waals surface area contributed by atoms with Crippen molar-refractivity contribution in [3.05, 3.63) is 175 Å². The molecule has 0 aliphatic heterocycles. The summed E-state index contributed by atoms with van der Waals surface area (Å²) in [5.41, 5.74) is 13.4. The number of rotatable bonds is 6. The van der Waals surface area contributed by atoms with Gasteiger partial charge in [-0.25, -0.2) is 15.0 Å². The van der Waals surface area contributed by atoms with Crippen LogP contribution in [0.25, 0.3) is 122 Å². The molecular weight excluding hydrogens is 823 g/mol. The first-order chi connectivity index (χ1) is 33.1. The lowest BCUT2D eigenvalue weighted by Gasteiger charge is -2.57. The maximum atomic E-state index is 6.69. The first-order valence-corrected chi connectivity index (χ1v) is 23.8. The summed E-state index contributed by atoms with van der Waals surface area (Å²) in [5.74, 6) is 4.25. The van der Waals surface area contributed by atoms with Gasteiger partial charge in [0.05, 0.1) is 11.1 Å². The van der Waals surface area contributed by atoms with E-state index in [1.807, 2.05) is 60.7 Å². The maximum absolute atomic E-state index is 6.69. The van der Waals surface area contributed by atoms with Crippen LogP contribution in [0.5, 0.6) is 0 Å². The van der Waals surface area contributed by atoms with Gasteiger partial charge in [0.15, 0.2) is 17.5 Å². The molecule has 12 aromatic rings. The minimum absolute atomic E-state index is 0.320. The van der Waals surface area contributed by atoms with Gasteiger partial charge < -0.3 is 13.3 Å². The van der Waals surface area contributed by atoms with Crippen LogP contribution in [-0.2, 0) is 5.41 Å². The molecule has 0 amide bonds. The third-order valence-electron chi connectivity index (χ3n) is 15.7. The lowest BCUT2D eigenvalue weighted by Crippen LogP contribution is -2.48. The van der Waals surface area contributed by atoms with Crippen molar-refractivity contribution in [3.63, 3.8) is 0 Å². The SMILES string of the molecule is c1ccc2c(c1)oc1c(-c3cc(-c4ccc(C56CC7CC(CC(C7)C5)C6)cc4)cc(-c4nc(-c5cccc6c5oc5ccccc56)nc(-c5cccc6c5oc5ccccc56)n4)c3)cccc12. The standard InChI is InChI=1S/C61H43N3O3/c1-4-19-52-44(10-1)47-14-7-13-43(55(47)65-52)40-29-39(38-22-24-42(25-23-38)61-32-35-26-36(33-61)28-37(27-35)34-61)30-41(31-40)58-62-59(50-17-8-15-48-45-11-2-5-20-53(45)66-56(48)50)64-60(63-58)51-18-9-16-49-46-12-3-6-21-54(46)67-57(49)51/h1-25,29-31,35-37H,26-28,32-34H2. The largest absolute Gasteiger partial charge is 0.455 e. The van der Waals surface area contributed by atoms with Crippen molar-refractivity contribution in [2.75, 3.05) is 0 Å². The van der Waals surface area contributed by atoms with E-state index in [2.05, 4.69) is 109 Å². The van der Waals surface area contributed by atoms with Crippen LogP contribution in [0.2, 0.25) is 0 Å². The van der Waals surface area contributed by atoms with E-state index in [-0.39, 0.29) is 0 Å². The van der Waals surface area contributed by atoms with Gasteiger partial charge in [0.25, 0.3) is 0 Å². The fourth-order valence-corrected chi connectivity index (χ4v) is 13.1. The zero-order valence-corrected chi connectivity index (χ0v) is 36.7. The van der Waals surface area contributed by atoms with Gasteiger partial charge in [-0.2, -0.15) is 0 Å². The van der Waals surface area contributed by atoms with Crippen LogP contribution < -0.4 is 0 Å². The molecule has 0 unspecified atom stereocenters. The molecule has 0 spiro atoms. The molecule has 320 valence electrons. The highest BCUT2D eigenvalue weighted by Gasteiger charge is 2.51. The minimum atomic E-state index is 0.320. The summed E-state index contributed by atoms with van der Waals surface area (Å²) < 4.78 is 19.9. The fraction of sp³-hybridized carbons (Fsp3) is 0.164. The summed E-state index contributed by atoms with van der Waals surface area (Å²) in [6, 6.07) is 59.8. The Morgan fingerprint density at radius 2 is 0.746 bits per heavy atom. The van der Waals surface area contributed by atoms with Crippen LogP contribution in [-0.4, -0.2) is 15.0 Å². The van der Waals surface area contributed by atoms with Gasteiger partial charge in [-0.1, -0.05) is 121 Å². The molecule has 16 rings (SSSR count). The van der Waals surface area contributed by atoms with E-state index < -0.39 is 0 Å². The molecule has 6 heteroatoms. The molecule has 4 aliphatic carbocycles. The molecule has 4 bridgehead atoms. The highest BCUT2D eigenvalue weighted by Crippen LogP contribution is 2.61. The van der Waals surface area contributed by atoms with Gasteiger partial charge >= 0.3 is 0 Å². The number of fused-ring (bicyclic) bond motifs is 9. The second-order valence-corrected chi connectivity index (χ2v) is 19.7. The van der Waals surface area contributed by atoms with Gasteiger partial charge in [0.1, 0.15) is 33.5 Å². The Kier molecular flexibility index (Phi) is 7.86. The molecule has 67 heavy (non-hydrogen) atoms. The third kappa shape index (κ3) is 5.78. The van der Waals surface area contributed by atoms with Crippen molar-refractivity contribution in [2.45, 2.75) is 43.9 Å². The van der Waals surface area contributed by atoms with Gasteiger partial charge in [0, 0.05) is 43.4 Å². The number of furan rings is 3. The third-order valence-corrected chi connectivity index (χ3v) is 15.7. The first kappa shape index (κ1) is 37.4. The average molecular weight is 866 g/mol. The van der Waals surface area contributed by atoms with E-state index in [1.165, 1.54) is 44.1 Å². The number of aromatic nitrogens is 3. The number of hydrogen-bond donors (Lipinski definition) is 0. The van der Waals surface area contributed by atoms with E-state index in [9.17, 15) is 0 Å². The molecular formula is C61H43N3O3. The second-order valence-electron chi connectivity index (χ2n) is 19.7. The van der Waals surface area contributed by atoms with Crippen LogP contribution in [0.3, 0.4) is 0 Å². The second kappa shape index (κ2) is 14.1. The van der Waals surface area contributed by atoms with Crippen molar-refractivity contribution in [1.82, 2.24) is 15.0 Å². The van der Waals surface area contributed by atoms with Crippen LogP contribution in [0.1, 0.15) is 44.1 Å². The molecule has 4 fully saturated rings. The van der Waals surface area contributed by atoms with Crippen molar-refractivity contribution in [1.29, 1.82) is 0 Å². The van der Waals surface area contributed by atoms with E-state index in [1.54, 1.807) is 0 Å². The van der Waals surface area contributed by atoms with Crippen molar-refractivity contribution in [2.24, 2.45) is 17.8 Å². The molecule has 8 aromatic carbocycles. The normalized spacial score (nSPS) is 20.1. The Hall–Kier alpha value is -7.83. The van der Waals surface area contributed by atoms with E-state index >= 15 is 0 Å². The maximum Gasteiger partial charge on any atom is 0.167 e. The summed E-state index contributed by atoms with van der Waals surface area (Å²) in [6.45, 7) is 0. The van der Waals surface area contributed by atoms with Gasteiger partial charge in [-0.15, -0.1) is 0 Å². The summed E-state index contributed by atoms with van der Waals surface area (Å²) in [4.78, 5) is 16.1. The summed E-state index contributed by atoms with van der Waals surface area (Å²) >= 11 is 0. The van der Waals surface area contributed by atoms with E-state index in [0.29, 0.717) is 22.9 Å². The summed E-state index contributed by atoms with van der Waals surface area (Å²) in [7, 11) is 0. The Morgan fingerprint density at radius 3 is 1.25 bits per heavy atom. The molecule has 4 aromatic heterocycles. The Balaban J connectivity index is 0.959. The highest BCUT2D eigenvalue weighted by atomic mass is 16.3. The zero-order valence-electron chi connectivity index (χ0n) is 36.7. The van der Waals surface area contributed by atoms with Gasteiger partial charge in [-0.3, -0.25) is 0 Å². The Labute approximate surface area is 385 Å². The van der Waals surface area contributed by atoms with Crippen molar-refractivity contribution >= 4 is 65.8 Å². The summed E-state index contributed by atoms with van der Waals surface area (Å²) in [6.07, 6.45) is 8.33. The number of benzene rings is 8. The number of hydrogen-bond acceptors (Lipinski definition) is 6. The average Bonchev–Trinajstić information content (AvgIpc) is 4.07. The quantitative estimate of drug-likeness (QED) is 0.166. The molecule has 4 saturated carbocycles. The molecule has 0 radical (unpaired) electrons. The van der Waals surface area contributed by atoms with Crippen molar-refractivity contribution < 1.29 is 13.3 Å². The molecule has 0 N–H and O–H groups in total. The monoisotopic (exact) mass is 865 g/mol. The smallest absolute Gasteiger partial charge is 0.167 e. The molecule has 4 aliphatic rings. The lowest BCUT2D eigenvalue weighted by atomic mass is 9.48. The number of para-hydroxylation sites is 6. The van der Waals surface area contributed by atoms with E-state index in [4.69, 9.17) is 28.2 Å². The first-order valence-electron chi connectivity index (χ1n) is 23.8. The highest BCUT2D eigenvalue weighted by molar-refractivity contribution is 6.12. The van der Waals surface area contributed by atoms with E-state index in [0.717, 1.165) is 123 Å². The van der Waals surface area contributed by atoms with Gasteiger partial charge in [-0.05, 0) is 132 Å². The number of nitrogens with zero attached hydrogens (tertiary/aromatic N) is 3. The predicted octanol–water partition coefficient (Wildman–Crippen LogP) is 16.4. The van der Waals surface area contributed by atoms with Crippen LogP contribution in [0, 0.1) is 17.8 Å².